The molecule has 0 radical (unpaired) electrons. The molecule has 0 aliphatic heterocycles. The summed E-state index contributed by atoms with van der Waals surface area (Å²) in [6.45, 7) is 7.41. The molecule has 0 spiro atoms. The van der Waals surface area contributed by atoms with Gasteiger partial charge in [-0.2, -0.15) is 0 Å². The van der Waals surface area contributed by atoms with Gasteiger partial charge in [-0.3, -0.25) is 9.10 Å². The van der Waals surface area contributed by atoms with Crippen LogP contribution in [0.15, 0.2) is 77.7 Å². The van der Waals surface area contributed by atoms with Crippen LogP contribution in [0.3, 0.4) is 0 Å². The van der Waals surface area contributed by atoms with E-state index in [0.29, 0.717) is 12.1 Å². The second-order valence-electron chi connectivity index (χ2n) is 8.11. The van der Waals surface area contributed by atoms with Crippen molar-refractivity contribution in [2.75, 3.05) is 10.8 Å². The number of hydrogen-bond donors (Lipinski definition) is 1. The van der Waals surface area contributed by atoms with Crippen LogP contribution in [0.25, 0.3) is 0 Å². The van der Waals surface area contributed by atoms with Crippen LogP contribution in [0.5, 0.6) is 0 Å². The minimum Gasteiger partial charge on any atom is -0.348 e. The first-order valence-corrected chi connectivity index (χ1v) is 12.2. The number of benzene rings is 3. The number of aryl methyl sites for hydroxylation is 3. The number of carbonyl (C=O) groups excluding carboxylic acids is 1. The van der Waals surface area contributed by atoms with Gasteiger partial charge in [0.2, 0.25) is 5.91 Å². The van der Waals surface area contributed by atoms with E-state index in [1.807, 2.05) is 64.1 Å². The lowest BCUT2D eigenvalue weighted by atomic mass is 10.0. The van der Waals surface area contributed by atoms with Crippen LogP contribution in [0.4, 0.5) is 5.69 Å². The highest BCUT2D eigenvalue weighted by Crippen LogP contribution is 2.26. The van der Waals surface area contributed by atoms with E-state index >= 15 is 0 Å². The van der Waals surface area contributed by atoms with Crippen LogP contribution in [0.1, 0.15) is 41.6 Å². The van der Waals surface area contributed by atoms with E-state index in [4.69, 9.17) is 0 Å². The van der Waals surface area contributed by atoms with Gasteiger partial charge in [-0.05, 0) is 68.1 Å². The number of nitrogens with zero attached hydrogens (tertiary/aromatic N) is 1. The number of anilines is 1. The van der Waals surface area contributed by atoms with Crippen LogP contribution in [-0.2, 0) is 14.8 Å². The summed E-state index contributed by atoms with van der Waals surface area (Å²) in [5, 5.41) is 3.00. The van der Waals surface area contributed by atoms with E-state index in [1.165, 1.54) is 4.31 Å². The van der Waals surface area contributed by atoms with Gasteiger partial charge in [0.15, 0.2) is 0 Å². The van der Waals surface area contributed by atoms with Gasteiger partial charge in [0.25, 0.3) is 10.0 Å². The lowest BCUT2D eigenvalue weighted by molar-refractivity contribution is -0.120. The zero-order valence-corrected chi connectivity index (χ0v) is 19.8. The Morgan fingerprint density at radius 1 is 0.875 bits per heavy atom. The number of sulfonamides is 1. The van der Waals surface area contributed by atoms with Crippen LogP contribution >= 0.6 is 0 Å². The number of nitrogens with one attached hydrogen (secondary N) is 1. The van der Waals surface area contributed by atoms with Crippen molar-refractivity contribution >= 4 is 21.6 Å². The molecule has 5 nitrogen and oxygen atoms in total. The van der Waals surface area contributed by atoms with Crippen molar-refractivity contribution in [2.24, 2.45) is 0 Å². The molecule has 0 heterocycles. The largest absolute Gasteiger partial charge is 0.348 e. The van der Waals surface area contributed by atoms with Crippen molar-refractivity contribution in [3.8, 4) is 0 Å². The zero-order chi connectivity index (χ0) is 23.3. The van der Waals surface area contributed by atoms with Gasteiger partial charge in [-0.25, -0.2) is 8.42 Å². The summed E-state index contributed by atoms with van der Waals surface area (Å²) in [4.78, 5) is 13.2. The minimum absolute atomic E-state index is 0.158. The molecule has 3 rings (SSSR count). The van der Waals surface area contributed by atoms with E-state index in [9.17, 15) is 13.2 Å². The standard InChI is InChI=1S/C26H30N2O3S/c1-5-25(22-9-7-6-8-10-22)27-26(29)18-28(23-16-20(3)15-21(4)17-23)32(30,31)24-13-11-19(2)12-14-24/h6-17,25H,5,18H2,1-4H3,(H,27,29)/t25-/m1/s1. The quantitative estimate of drug-likeness (QED) is 0.521. The van der Waals surface area contributed by atoms with E-state index < -0.39 is 10.0 Å². The highest BCUT2D eigenvalue weighted by atomic mass is 32.2. The van der Waals surface area contributed by atoms with Crippen LogP contribution in [0.2, 0.25) is 0 Å². The van der Waals surface area contributed by atoms with Gasteiger partial charge in [0.1, 0.15) is 6.54 Å². The first-order chi connectivity index (χ1) is 15.2. The molecule has 32 heavy (non-hydrogen) atoms. The smallest absolute Gasteiger partial charge is 0.264 e. The van der Waals surface area contributed by atoms with Crippen molar-refractivity contribution in [3.05, 3.63) is 95.1 Å². The highest BCUT2D eigenvalue weighted by molar-refractivity contribution is 7.92. The minimum atomic E-state index is -3.93. The third-order valence-corrected chi connectivity index (χ3v) is 7.12. The van der Waals surface area contributed by atoms with Crippen molar-refractivity contribution in [2.45, 2.75) is 45.1 Å². The monoisotopic (exact) mass is 450 g/mol. The number of carbonyl (C=O) groups is 1. The average Bonchev–Trinajstić information content (AvgIpc) is 2.76. The summed E-state index contributed by atoms with van der Waals surface area (Å²) in [7, 11) is -3.93. The molecule has 1 atom stereocenters. The van der Waals surface area contributed by atoms with Gasteiger partial charge in [-0.15, -0.1) is 0 Å². The molecular weight excluding hydrogens is 420 g/mol. The summed E-state index contributed by atoms with van der Waals surface area (Å²) in [6, 6.07) is 21.7. The Labute approximate surface area is 191 Å². The Morgan fingerprint density at radius 2 is 1.47 bits per heavy atom. The summed E-state index contributed by atoms with van der Waals surface area (Å²) < 4.78 is 28.3. The Balaban J connectivity index is 1.95. The van der Waals surface area contributed by atoms with Crippen molar-refractivity contribution in [3.63, 3.8) is 0 Å². The molecule has 1 N–H and O–H groups in total. The average molecular weight is 451 g/mol. The fourth-order valence-corrected chi connectivity index (χ4v) is 5.13. The number of rotatable bonds is 8. The van der Waals surface area contributed by atoms with Crippen molar-refractivity contribution in [1.82, 2.24) is 5.32 Å². The molecule has 3 aromatic rings. The molecule has 0 aliphatic rings. The maximum Gasteiger partial charge on any atom is 0.264 e. The summed E-state index contributed by atoms with van der Waals surface area (Å²) in [5.74, 6) is -0.351. The third-order valence-electron chi connectivity index (χ3n) is 5.34. The van der Waals surface area contributed by atoms with E-state index in [-0.39, 0.29) is 23.4 Å². The topological polar surface area (TPSA) is 66.5 Å². The maximum absolute atomic E-state index is 13.6. The van der Waals surface area contributed by atoms with Gasteiger partial charge in [0.05, 0.1) is 16.6 Å². The molecular formula is C26H30N2O3S. The Morgan fingerprint density at radius 3 is 2.03 bits per heavy atom. The molecule has 0 saturated heterocycles. The first-order valence-electron chi connectivity index (χ1n) is 10.7. The zero-order valence-electron chi connectivity index (χ0n) is 19.0. The third kappa shape index (κ3) is 5.56. The molecule has 0 aromatic heterocycles. The first kappa shape index (κ1) is 23.5. The van der Waals surface area contributed by atoms with Crippen molar-refractivity contribution < 1.29 is 13.2 Å². The van der Waals surface area contributed by atoms with Gasteiger partial charge >= 0.3 is 0 Å². The molecule has 3 aromatic carbocycles. The summed E-state index contributed by atoms with van der Waals surface area (Å²) >= 11 is 0. The molecule has 0 bridgehead atoms. The normalized spacial score (nSPS) is 12.2. The molecule has 0 aliphatic carbocycles. The number of hydrogen-bond acceptors (Lipinski definition) is 3. The van der Waals surface area contributed by atoms with E-state index in [0.717, 1.165) is 22.3 Å². The van der Waals surface area contributed by atoms with Crippen LogP contribution in [0, 0.1) is 20.8 Å². The Kier molecular flexibility index (Phi) is 7.36. The van der Waals surface area contributed by atoms with Gasteiger partial charge in [0, 0.05) is 0 Å². The molecule has 168 valence electrons. The molecule has 6 heteroatoms. The van der Waals surface area contributed by atoms with Gasteiger partial charge in [-0.1, -0.05) is 61.0 Å². The lowest BCUT2D eigenvalue weighted by Crippen LogP contribution is -2.42. The molecule has 1 amide bonds. The predicted octanol–water partition coefficient (Wildman–Crippen LogP) is 5.07. The summed E-state index contributed by atoms with van der Waals surface area (Å²) in [6.07, 6.45) is 0.698. The van der Waals surface area contributed by atoms with E-state index in [1.54, 1.807) is 36.4 Å². The summed E-state index contributed by atoms with van der Waals surface area (Å²) in [5.41, 5.74) is 4.29. The van der Waals surface area contributed by atoms with E-state index in [2.05, 4.69) is 5.32 Å². The second-order valence-corrected chi connectivity index (χ2v) is 9.97. The van der Waals surface area contributed by atoms with Gasteiger partial charge < -0.3 is 5.32 Å². The SMILES string of the molecule is CC[C@@H](NC(=O)CN(c1cc(C)cc(C)c1)S(=O)(=O)c1ccc(C)cc1)c1ccccc1. The predicted molar refractivity (Wildman–Crippen MR) is 129 cm³/mol. The molecule has 0 saturated carbocycles. The van der Waals surface area contributed by atoms with Crippen LogP contribution in [-0.4, -0.2) is 20.9 Å². The number of amides is 1. The Hall–Kier alpha value is -3.12. The fourth-order valence-electron chi connectivity index (χ4n) is 3.72. The maximum atomic E-state index is 13.6. The molecule has 0 fully saturated rings. The van der Waals surface area contributed by atoms with Crippen molar-refractivity contribution in [1.29, 1.82) is 0 Å². The molecule has 0 unspecified atom stereocenters. The Bertz CT molecular complexity index is 1150. The lowest BCUT2D eigenvalue weighted by Gasteiger charge is -2.26. The highest BCUT2D eigenvalue weighted by Gasteiger charge is 2.28. The fraction of sp³-hybridized carbons (Fsp3) is 0.269. The van der Waals surface area contributed by atoms with Crippen LogP contribution < -0.4 is 9.62 Å². The second kappa shape index (κ2) is 10.0.